The van der Waals surface area contributed by atoms with Gasteiger partial charge in [0.15, 0.2) is 0 Å². The van der Waals surface area contributed by atoms with Crippen LogP contribution in [-0.2, 0) is 6.42 Å². The van der Waals surface area contributed by atoms with Crippen LogP contribution >= 0.6 is 11.3 Å². The first kappa shape index (κ1) is 14.0. The third-order valence-electron chi connectivity index (χ3n) is 4.25. The van der Waals surface area contributed by atoms with E-state index in [9.17, 15) is 0 Å². The monoisotopic (exact) mass is 266 g/mol. The van der Waals surface area contributed by atoms with Gasteiger partial charge in [0, 0.05) is 17.5 Å². The fourth-order valence-electron chi connectivity index (χ4n) is 2.62. The summed E-state index contributed by atoms with van der Waals surface area (Å²) in [5.74, 6) is 0.942. The third-order valence-corrected chi connectivity index (χ3v) is 5.24. The summed E-state index contributed by atoms with van der Waals surface area (Å²) >= 11 is 1.82. The molecule has 0 radical (unpaired) electrons. The van der Waals surface area contributed by atoms with Crippen molar-refractivity contribution in [3.63, 3.8) is 0 Å². The summed E-state index contributed by atoms with van der Waals surface area (Å²) in [7, 11) is 0. The first-order chi connectivity index (χ1) is 8.51. The molecule has 102 valence electrons. The highest BCUT2D eigenvalue weighted by Gasteiger charge is 2.40. The number of aromatic nitrogens is 1. The minimum atomic E-state index is 0.473. The molecule has 3 heteroatoms. The van der Waals surface area contributed by atoms with Crippen molar-refractivity contribution in [1.29, 1.82) is 0 Å². The van der Waals surface area contributed by atoms with Crippen LogP contribution in [0, 0.1) is 18.3 Å². The van der Waals surface area contributed by atoms with E-state index in [-0.39, 0.29) is 0 Å². The molecule has 1 aromatic rings. The number of aryl methyl sites for hydroxylation is 2. The first-order valence-electron chi connectivity index (χ1n) is 7.13. The molecule has 1 aliphatic rings. The third kappa shape index (κ3) is 3.55. The highest BCUT2D eigenvalue weighted by Crippen LogP contribution is 2.48. The molecule has 1 heterocycles. The van der Waals surface area contributed by atoms with Gasteiger partial charge >= 0.3 is 0 Å². The molecular formula is C15H26N2S. The van der Waals surface area contributed by atoms with Gasteiger partial charge in [-0.25, -0.2) is 4.98 Å². The maximum atomic E-state index is 4.35. The van der Waals surface area contributed by atoms with Gasteiger partial charge in [0.05, 0.1) is 11.2 Å². The van der Waals surface area contributed by atoms with Gasteiger partial charge in [-0.05, 0) is 43.9 Å². The Morgan fingerprint density at radius 2 is 2.22 bits per heavy atom. The molecule has 1 N–H and O–H groups in total. The van der Waals surface area contributed by atoms with Crippen molar-refractivity contribution >= 4 is 11.3 Å². The second kappa shape index (κ2) is 5.70. The van der Waals surface area contributed by atoms with Gasteiger partial charge < -0.3 is 5.32 Å². The molecule has 1 aliphatic carbocycles. The standard InChI is InChI=1S/C15H26N2S/c1-11(2)16-9-15(4,13-5-6-13)8-7-14-12(3)17-10-18-14/h10-11,13,16H,5-9H2,1-4H3. The number of hydrogen-bond acceptors (Lipinski definition) is 3. The predicted molar refractivity (Wildman–Crippen MR) is 79.1 cm³/mol. The normalized spacial score (nSPS) is 19.2. The SMILES string of the molecule is Cc1ncsc1CCC(C)(CNC(C)C)C1CC1. The number of thiazole rings is 1. The van der Waals surface area contributed by atoms with Crippen LogP contribution in [-0.4, -0.2) is 17.6 Å². The molecule has 0 aromatic carbocycles. The molecule has 1 aromatic heterocycles. The Bertz CT molecular complexity index is 382. The average molecular weight is 266 g/mol. The summed E-state index contributed by atoms with van der Waals surface area (Å²) in [5, 5.41) is 3.64. The summed E-state index contributed by atoms with van der Waals surface area (Å²) in [6, 6.07) is 0.591. The lowest BCUT2D eigenvalue weighted by Gasteiger charge is -2.31. The van der Waals surface area contributed by atoms with E-state index in [1.165, 1.54) is 36.3 Å². The number of nitrogens with one attached hydrogen (secondary N) is 1. The van der Waals surface area contributed by atoms with Crippen molar-refractivity contribution in [2.45, 2.75) is 59.4 Å². The van der Waals surface area contributed by atoms with E-state index in [1.54, 1.807) is 0 Å². The van der Waals surface area contributed by atoms with Crippen molar-refractivity contribution in [2.24, 2.45) is 11.3 Å². The molecule has 1 saturated carbocycles. The van der Waals surface area contributed by atoms with Gasteiger partial charge in [0.1, 0.15) is 0 Å². The van der Waals surface area contributed by atoms with Crippen LogP contribution in [0.15, 0.2) is 5.51 Å². The lowest BCUT2D eigenvalue weighted by molar-refractivity contribution is 0.231. The van der Waals surface area contributed by atoms with Gasteiger partial charge in [0.25, 0.3) is 0 Å². The molecule has 1 fully saturated rings. The summed E-state index contributed by atoms with van der Waals surface area (Å²) in [5.41, 5.74) is 3.68. The topological polar surface area (TPSA) is 24.9 Å². The van der Waals surface area contributed by atoms with Crippen molar-refractivity contribution in [1.82, 2.24) is 10.3 Å². The Balaban J connectivity index is 1.91. The molecule has 2 rings (SSSR count). The average Bonchev–Trinajstić information content (AvgIpc) is 3.09. The van der Waals surface area contributed by atoms with Crippen molar-refractivity contribution in [3.05, 3.63) is 16.1 Å². The number of hydrogen-bond donors (Lipinski definition) is 1. The fourth-order valence-corrected chi connectivity index (χ4v) is 3.40. The second-order valence-corrected chi connectivity index (χ2v) is 7.26. The van der Waals surface area contributed by atoms with Gasteiger partial charge in [-0.2, -0.15) is 0 Å². The quantitative estimate of drug-likeness (QED) is 0.812. The smallest absolute Gasteiger partial charge is 0.0797 e. The van der Waals surface area contributed by atoms with Crippen molar-refractivity contribution in [3.8, 4) is 0 Å². The molecule has 0 aliphatic heterocycles. The molecule has 1 unspecified atom stereocenters. The van der Waals surface area contributed by atoms with E-state index in [1.807, 2.05) is 16.8 Å². The molecule has 0 saturated heterocycles. The van der Waals surface area contributed by atoms with Gasteiger partial charge in [-0.15, -0.1) is 11.3 Å². The summed E-state index contributed by atoms with van der Waals surface area (Å²) in [6.07, 6.45) is 5.35. The molecule has 18 heavy (non-hydrogen) atoms. The van der Waals surface area contributed by atoms with Crippen LogP contribution in [0.25, 0.3) is 0 Å². The van der Waals surface area contributed by atoms with E-state index in [0.717, 1.165) is 12.5 Å². The van der Waals surface area contributed by atoms with Crippen LogP contribution < -0.4 is 5.32 Å². The zero-order chi connectivity index (χ0) is 13.2. The Morgan fingerprint density at radius 3 is 2.72 bits per heavy atom. The highest BCUT2D eigenvalue weighted by atomic mass is 32.1. The Hall–Kier alpha value is -0.410. The minimum absolute atomic E-state index is 0.473. The van der Waals surface area contributed by atoms with Gasteiger partial charge in [-0.3, -0.25) is 0 Å². The second-order valence-electron chi connectivity index (χ2n) is 6.32. The van der Waals surface area contributed by atoms with Crippen LogP contribution in [0.1, 0.15) is 50.6 Å². The predicted octanol–water partition coefficient (Wildman–Crippen LogP) is 3.80. The summed E-state index contributed by atoms with van der Waals surface area (Å²) < 4.78 is 0. The summed E-state index contributed by atoms with van der Waals surface area (Å²) in [6.45, 7) is 10.2. The van der Waals surface area contributed by atoms with E-state index < -0.39 is 0 Å². The number of rotatable bonds is 7. The lowest BCUT2D eigenvalue weighted by Crippen LogP contribution is -2.37. The maximum absolute atomic E-state index is 4.35. The molecule has 0 bridgehead atoms. The summed E-state index contributed by atoms with van der Waals surface area (Å²) in [4.78, 5) is 5.83. The molecular weight excluding hydrogens is 240 g/mol. The lowest BCUT2D eigenvalue weighted by atomic mass is 9.80. The zero-order valence-corrected chi connectivity index (χ0v) is 12.9. The highest BCUT2D eigenvalue weighted by molar-refractivity contribution is 7.09. The maximum Gasteiger partial charge on any atom is 0.0797 e. The molecule has 0 amide bonds. The van der Waals surface area contributed by atoms with Gasteiger partial charge in [-0.1, -0.05) is 20.8 Å². The number of nitrogens with zero attached hydrogens (tertiary/aromatic N) is 1. The molecule has 2 nitrogen and oxygen atoms in total. The Labute approximate surface area is 115 Å². The van der Waals surface area contributed by atoms with Crippen LogP contribution in [0.4, 0.5) is 0 Å². The van der Waals surface area contributed by atoms with Crippen molar-refractivity contribution < 1.29 is 0 Å². The Kier molecular flexibility index (Phi) is 4.44. The zero-order valence-electron chi connectivity index (χ0n) is 12.1. The largest absolute Gasteiger partial charge is 0.314 e. The Morgan fingerprint density at radius 1 is 1.50 bits per heavy atom. The van der Waals surface area contributed by atoms with Crippen LogP contribution in [0.3, 0.4) is 0 Å². The minimum Gasteiger partial charge on any atom is -0.314 e. The van der Waals surface area contributed by atoms with E-state index in [2.05, 4.69) is 38.0 Å². The molecule has 1 atom stereocenters. The fraction of sp³-hybridized carbons (Fsp3) is 0.800. The van der Waals surface area contributed by atoms with Crippen LogP contribution in [0.5, 0.6) is 0 Å². The van der Waals surface area contributed by atoms with E-state index >= 15 is 0 Å². The van der Waals surface area contributed by atoms with Crippen LogP contribution in [0.2, 0.25) is 0 Å². The first-order valence-corrected chi connectivity index (χ1v) is 8.01. The van der Waals surface area contributed by atoms with E-state index in [4.69, 9.17) is 0 Å². The van der Waals surface area contributed by atoms with Crippen molar-refractivity contribution in [2.75, 3.05) is 6.54 Å². The molecule has 0 spiro atoms. The van der Waals surface area contributed by atoms with Gasteiger partial charge in [0.2, 0.25) is 0 Å². The van der Waals surface area contributed by atoms with E-state index in [0.29, 0.717) is 11.5 Å².